The average Bonchev–Trinajstić information content (AvgIpc) is 2.42. The summed E-state index contributed by atoms with van der Waals surface area (Å²) in [6.45, 7) is 0.190. The second-order valence-corrected chi connectivity index (χ2v) is 5.42. The molecule has 2 rings (SSSR count). The number of nitrogens with one attached hydrogen (secondary N) is 1. The van der Waals surface area contributed by atoms with Crippen LogP contribution in [0.25, 0.3) is 0 Å². The molecule has 0 atom stereocenters. The fraction of sp³-hybridized carbons (Fsp3) is 0.533. The Hall–Kier alpha value is -1.20. The van der Waals surface area contributed by atoms with Crippen molar-refractivity contribution in [2.24, 2.45) is 5.73 Å². The number of benzene rings is 1. The molecule has 1 aromatic carbocycles. The molecule has 1 fully saturated rings. The third kappa shape index (κ3) is 4.38. The largest absolute Gasteiger partial charge is 0.354 e. The number of nitrogens with two attached hydrogens (primary N) is 1. The van der Waals surface area contributed by atoms with Gasteiger partial charge < -0.3 is 11.1 Å². The predicted molar refractivity (Wildman–Crippen MR) is 80.3 cm³/mol. The Kier molecular flexibility index (Phi) is 6.55. The van der Waals surface area contributed by atoms with E-state index in [-0.39, 0.29) is 36.8 Å². The smallest absolute Gasteiger partial charge is 0.240 e. The molecule has 1 saturated carbocycles. The molecule has 3 nitrogen and oxygen atoms in total. The fourth-order valence-corrected chi connectivity index (χ4v) is 2.66. The third-order valence-electron chi connectivity index (χ3n) is 3.92. The third-order valence-corrected chi connectivity index (χ3v) is 3.92. The molecule has 118 valence electrons. The number of hydrogen-bond acceptors (Lipinski definition) is 2. The van der Waals surface area contributed by atoms with Crippen molar-refractivity contribution in [3.63, 3.8) is 0 Å². The topological polar surface area (TPSA) is 55.1 Å². The van der Waals surface area contributed by atoms with Crippen LogP contribution >= 0.6 is 12.4 Å². The molecule has 0 aliphatic heterocycles. The molecule has 1 aromatic rings. The van der Waals surface area contributed by atoms with Crippen molar-refractivity contribution >= 4 is 18.3 Å². The molecule has 0 aromatic heterocycles. The minimum absolute atomic E-state index is 0. The second kappa shape index (κ2) is 7.71. The normalized spacial score (nSPS) is 16.9. The van der Waals surface area contributed by atoms with Crippen molar-refractivity contribution in [3.8, 4) is 0 Å². The maximum atomic E-state index is 13.4. The number of halogens is 3. The van der Waals surface area contributed by atoms with Crippen molar-refractivity contribution in [3.05, 3.63) is 35.4 Å². The molecular weight excluding hydrogens is 298 g/mol. The maximum Gasteiger partial charge on any atom is 0.240 e. The summed E-state index contributed by atoms with van der Waals surface area (Å²) < 4.78 is 26.9. The van der Waals surface area contributed by atoms with Gasteiger partial charge in [-0.1, -0.05) is 25.3 Å². The Morgan fingerprint density at radius 3 is 2.33 bits per heavy atom. The molecule has 1 amide bonds. The van der Waals surface area contributed by atoms with E-state index in [1.54, 1.807) is 0 Å². The minimum atomic E-state index is -0.813. The maximum absolute atomic E-state index is 13.4. The van der Waals surface area contributed by atoms with Gasteiger partial charge in [0.25, 0.3) is 0 Å². The SMILES string of the molecule is Cl.NC1(C(=O)NCCc2c(F)cccc2F)CCCCC1. The van der Waals surface area contributed by atoms with E-state index in [1.807, 2.05) is 0 Å². The summed E-state index contributed by atoms with van der Waals surface area (Å²) in [5, 5.41) is 2.70. The predicted octanol–water partition coefficient (Wildman–Crippen LogP) is 2.71. The van der Waals surface area contributed by atoms with E-state index >= 15 is 0 Å². The highest BCUT2D eigenvalue weighted by Gasteiger charge is 2.34. The lowest BCUT2D eigenvalue weighted by Gasteiger charge is -2.31. The molecule has 0 heterocycles. The number of rotatable bonds is 4. The van der Waals surface area contributed by atoms with Crippen molar-refractivity contribution in [1.82, 2.24) is 5.32 Å². The van der Waals surface area contributed by atoms with Crippen LogP contribution in [0.15, 0.2) is 18.2 Å². The second-order valence-electron chi connectivity index (χ2n) is 5.42. The van der Waals surface area contributed by atoms with Gasteiger partial charge in [0.15, 0.2) is 0 Å². The Bertz CT molecular complexity index is 470. The van der Waals surface area contributed by atoms with Gasteiger partial charge in [0, 0.05) is 12.1 Å². The van der Waals surface area contributed by atoms with Gasteiger partial charge in [0.1, 0.15) is 11.6 Å². The number of carbonyl (C=O) groups excluding carboxylic acids is 1. The van der Waals surface area contributed by atoms with Gasteiger partial charge in [-0.2, -0.15) is 0 Å². The van der Waals surface area contributed by atoms with E-state index in [0.717, 1.165) is 19.3 Å². The molecule has 3 N–H and O–H groups in total. The summed E-state index contributed by atoms with van der Waals surface area (Å²) in [5.41, 5.74) is 5.27. The Morgan fingerprint density at radius 2 is 1.76 bits per heavy atom. The average molecular weight is 319 g/mol. The lowest BCUT2D eigenvalue weighted by Crippen LogP contribution is -2.55. The van der Waals surface area contributed by atoms with Gasteiger partial charge in [-0.3, -0.25) is 4.79 Å². The summed E-state index contributed by atoms with van der Waals surface area (Å²) in [6.07, 6.45) is 4.48. The van der Waals surface area contributed by atoms with E-state index in [2.05, 4.69) is 5.32 Å². The van der Waals surface area contributed by atoms with Crippen molar-refractivity contribution < 1.29 is 13.6 Å². The van der Waals surface area contributed by atoms with Crippen molar-refractivity contribution in [2.75, 3.05) is 6.54 Å². The first kappa shape index (κ1) is 17.9. The minimum Gasteiger partial charge on any atom is -0.354 e. The van der Waals surface area contributed by atoms with Crippen LogP contribution in [0.2, 0.25) is 0 Å². The van der Waals surface area contributed by atoms with Gasteiger partial charge in [-0.15, -0.1) is 12.4 Å². The zero-order valence-corrected chi connectivity index (χ0v) is 12.6. The first-order chi connectivity index (χ1) is 9.53. The first-order valence-corrected chi connectivity index (χ1v) is 7.03. The number of carbonyl (C=O) groups is 1. The molecule has 0 radical (unpaired) electrons. The zero-order chi connectivity index (χ0) is 14.6. The first-order valence-electron chi connectivity index (χ1n) is 7.03. The Morgan fingerprint density at radius 1 is 1.19 bits per heavy atom. The summed E-state index contributed by atoms with van der Waals surface area (Å²) in [4.78, 5) is 12.1. The van der Waals surface area contributed by atoms with E-state index < -0.39 is 17.2 Å². The van der Waals surface area contributed by atoms with Crippen LogP contribution < -0.4 is 11.1 Å². The molecular formula is C15H21ClF2N2O. The van der Waals surface area contributed by atoms with Crippen LogP contribution in [0.5, 0.6) is 0 Å². The van der Waals surface area contributed by atoms with Crippen LogP contribution in [-0.4, -0.2) is 18.0 Å². The van der Waals surface area contributed by atoms with Crippen molar-refractivity contribution in [2.45, 2.75) is 44.1 Å². The van der Waals surface area contributed by atoms with Gasteiger partial charge >= 0.3 is 0 Å². The lowest BCUT2D eigenvalue weighted by atomic mass is 9.82. The lowest BCUT2D eigenvalue weighted by molar-refractivity contribution is -0.127. The summed E-state index contributed by atoms with van der Waals surface area (Å²) in [6, 6.07) is 3.75. The molecule has 0 unspecified atom stereocenters. The van der Waals surface area contributed by atoms with Crippen molar-refractivity contribution in [1.29, 1.82) is 0 Å². The molecule has 21 heavy (non-hydrogen) atoms. The van der Waals surface area contributed by atoms with Crippen LogP contribution in [-0.2, 0) is 11.2 Å². The van der Waals surface area contributed by atoms with Crippen LogP contribution in [0.4, 0.5) is 8.78 Å². The molecule has 0 spiro atoms. The Balaban J connectivity index is 0.00000220. The Labute approximate surface area is 129 Å². The van der Waals surface area contributed by atoms with E-state index in [0.29, 0.717) is 12.8 Å². The van der Waals surface area contributed by atoms with E-state index in [4.69, 9.17) is 5.73 Å². The quantitative estimate of drug-likeness (QED) is 0.897. The van der Waals surface area contributed by atoms with Gasteiger partial charge in [0.05, 0.1) is 5.54 Å². The summed E-state index contributed by atoms with van der Waals surface area (Å²) in [5.74, 6) is -1.38. The highest BCUT2D eigenvalue weighted by molar-refractivity contribution is 5.86. The highest BCUT2D eigenvalue weighted by atomic mass is 35.5. The molecule has 1 aliphatic rings. The van der Waals surface area contributed by atoms with Gasteiger partial charge in [-0.05, 0) is 31.4 Å². The van der Waals surface area contributed by atoms with Crippen LogP contribution in [0.1, 0.15) is 37.7 Å². The van der Waals surface area contributed by atoms with Crippen LogP contribution in [0.3, 0.4) is 0 Å². The van der Waals surface area contributed by atoms with E-state index in [1.165, 1.54) is 18.2 Å². The number of hydrogen-bond donors (Lipinski definition) is 2. The fourth-order valence-electron chi connectivity index (χ4n) is 2.66. The molecule has 1 aliphatic carbocycles. The van der Waals surface area contributed by atoms with Gasteiger partial charge in [-0.25, -0.2) is 8.78 Å². The zero-order valence-electron chi connectivity index (χ0n) is 11.8. The molecule has 0 bridgehead atoms. The van der Waals surface area contributed by atoms with Crippen LogP contribution in [0, 0.1) is 11.6 Å². The summed E-state index contributed by atoms with van der Waals surface area (Å²) >= 11 is 0. The molecule has 6 heteroatoms. The number of amides is 1. The highest BCUT2D eigenvalue weighted by Crippen LogP contribution is 2.25. The standard InChI is InChI=1S/C15H20F2N2O.ClH/c16-12-5-4-6-13(17)11(12)7-10-19-14(20)15(18)8-2-1-3-9-15;/h4-6H,1-3,7-10,18H2,(H,19,20);1H. The monoisotopic (exact) mass is 318 g/mol. The molecule has 0 saturated heterocycles. The van der Waals surface area contributed by atoms with Gasteiger partial charge in [0.2, 0.25) is 5.91 Å². The summed E-state index contributed by atoms with van der Waals surface area (Å²) in [7, 11) is 0. The van der Waals surface area contributed by atoms with E-state index in [9.17, 15) is 13.6 Å².